The number of hydrogen-bond donors (Lipinski definition) is 1. The Kier molecular flexibility index (Phi) is 4.85. The van der Waals surface area contributed by atoms with Gasteiger partial charge in [-0.3, -0.25) is 0 Å². The second-order valence-corrected chi connectivity index (χ2v) is 7.19. The van der Waals surface area contributed by atoms with Crippen molar-refractivity contribution in [3.8, 4) is 17.2 Å². The van der Waals surface area contributed by atoms with Gasteiger partial charge in [-0.1, -0.05) is 5.16 Å². The molecule has 2 aliphatic rings. The Balaban J connectivity index is 1.40. The van der Waals surface area contributed by atoms with Crippen molar-refractivity contribution in [2.24, 2.45) is 0 Å². The quantitative estimate of drug-likeness (QED) is 0.820. The van der Waals surface area contributed by atoms with Crippen LogP contribution in [0.25, 0.3) is 11.5 Å². The predicted molar refractivity (Wildman–Crippen MR) is 91.3 cm³/mol. The van der Waals surface area contributed by atoms with E-state index >= 15 is 0 Å². The number of hydrogen-bond acceptors (Lipinski definition) is 6. The molecule has 11 heteroatoms. The van der Waals surface area contributed by atoms with E-state index in [1.165, 1.54) is 29.2 Å². The minimum absolute atomic E-state index is 0.0864. The smallest absolute Gasteiger partial charge is 0.465 e. The molecule has 0 saturated carbocycles. The summed E-state index contributed by atoms with van der Waals surface area (Å²) in [5.41, 5.74) is 0.0928. The summed E-state index contributed by atoms with van der Waals surface area (Å²) in [6.07, 6.45) is -3.79. The second-order valence-electron chi connectivity index (χ2n) is 7.19. The van der Waals surface area contributed by atoms with Gasteiger partial charge in [-0.2, -0.15) is 4.98 Å². The van der Waals surface area contributed by atoms with E-state index in [-0.39, 0.29) is 23.2 Å². The molecule has 1 atom stereocenters. The molecule has 3 heterocycles. The van der Waals surface area contributed by atoms with Gasteiger partial charge in [0.2, 0.25) is 0 Å². The van der Waals surface area contributed by atoms with E-state index in [2.05, 4.69) is 14.9 Å². The van der Waals surface area contributed by atoms with E-state index in [4.69, 9.17) is 14.4 Å². The Morgan fingerprint density at radius 2 is 1.93 bits per heavy atom. The van der Waals surface area contributed by atoms with Crippen LogP contribution in [0.1, 0.15) is 31.0 Å². The van der Waals surface area contributed by atoms with Crippen molar-refractivity contribution in [1.29, 1.82) is 0 Å². The highest BCUT2D eigenvalue weighted by Crippen LogP contribution is 2.42. The predicted octanol–water partition coefficient (Wildman–Crippen LogP) is 3.65. The Morgan fingerprint density at radius 3 is 2.55 bits per heavy atom. The summed E-state index contributed by atoms with van der Waals surface area (Å²) in [7, 11) is 0. The molecule has 1 N–H and O–H groups in total. The zero-order chi connectivity index (χ0) is 20.6. The first-order chi connectivity index (χ1) is 13.7. The first-order valence-electron chi connectivity index (χ1n) is 9.05. The van der Waals surface area contributed by atoms with Crippen molar-refractivity contribution >= 4 is 6.09 Å². The highest BCUT2D eigenvalue weighted by Gasteiger charge is 2.45. The fourth-order valence-electron chi connectivity index (χ4n) is 3.78. The monoisotopic (exact) mass is 413 g/mol. The number of carboxylic acid groups (broad SMARTS) is 1. The van der Waals surface area contributed by atoms with E-state index in [1.807, 2.05) is 0 Å². The number of ether oxygens (including phenoxy) is 2. The fourth-order valence-corrected chi connectivity index (χ4v) is 3.78. The van der Waals surface area contributed by atoms with Gasteiger partial charge in [0.05, 0.1) is 12.2 Å². The highest BCUT2D eigenvalue weighted by molar-refractivity contribution is 5.65. The maximum absolute atomic E-state index is 12.2. The molecule has 2 fully saturated rings. The molecule has 1 amide bonds. The van der Waals surface area contributed by atoms with Crippen LogP contribution in [0.15, 0.2) is 28.8 Å². The number of halogens is 3. The van der Waals surface area contributed by atoms with E-state index in [0.717, 1.165) is 0 Å². The lowest BCUT2D eigenvalue weighted by Gasteiger charge is -2.37. The molecule has 0 radical (unpaired) electrons. The molecule has 2 saturated heterocycles. The third-order valence-corrected chi connectivity index (χ3v) is 5.30. The van der Waals surface area contributed by atoms with Gasteiger partial charge in [-0.25, -0.2) is 4.79 Å². The Morgan fingerprint density at radius 1 is 1.24 bits per heavy atom. The van der Waals surface area contributed by atoms with Crippen molar-refractivity contribution in [2.45, 2.75) is 37.1 Å². The van der Waals surface area contributed by atoms with Crippen LogP contribution in [-0.2, 0) is 4.74 Å². The average molecular weight is 413 g/mol. The summed E-state index contributed by atoms with van der Waals surface area (Å²) in [6, 6.07) is 5.17. The van der Waals surface area contributed by atoms with Gasteiger partial charge in [0.15, 0.2) is 5.82 Å². The van der Waals surface area contributed by atoms with E-state index in [1.54, 1.807) is 0 Å². The molecule has 1 spiro atoms. The molecule has 4 rings (SSSR count). The van der Waals surface area contributed by atoms with Crippen LogP contribution >= 0.6 is 0 Å². The Bertz CT molecular complexity index is 876. The molecule has 2 aromatic rings. The van der Waals surface area contributed by atoms with Crippen LogP contribution in [-0.4, -0.2) is 57.9 Å². The number of benzene rings is 1. The number of alkyl halides is 3. The average Bonchev–Trinajstić information content (AvgIpc) is 3.29. The maximum atomic E-state index is 12.2. The molecule has 0 aliphatic carbocycles. The van der Waals surface area contributed by atoms with Crippen LogP contribution in [0.4, 0.5) is 18.0 Å². The van der Waals surface area contributed by atoms with Gasteiger partial charge >= 0.3 is 12.5 Å². The number of nitrogens with zero attached hydrogens (tertiary/aromatic N) is 3. The molecule has 156 valence electrons. The first kappa shape index (κ1) is 19.5. The third kappa shape index (κ3) is 4.29. The molecular formula is C18H18F3N3O5. The minimum atomic E-state index is -4.75. The number of amides is 1. The zero-order valence-corrected chi connectivity index (χ0v) is 15.2. The van der Waals surface area contributed by atoms with Crippen molar-refractivity contribution in [1.82, 2.24) is 15.0 Å². The lowest BCUT2D eigenvalue weighted by atomic mass is 9.85. The summed E-state index contributed by atoms with van der Waals surface area (Å²) in [5, 5.41) is 13.1. The van der Waals surface area contributed by atoms with E-state index in [0.29, 0.717) is 50.3 Å². The van der Waals surface area contributed by atoms with Gasteiger partial charge in [0.1, 0.15) is 5.75 Å². The molecule has 29 heavy (non-hydrogen) atoms. The zero-order valence-electron chi connectivity index (χ0n) is 15.2. The number of aromatic nitrogens is 2. The standard InChI is InChI=1S/C18H18F3N3O5/c19-18(20,21)28-13-3-1-11(2-4-13)15-22-14(23-29-15)12-9-17(27-10-12)5-7-24(8-6-17)16(25)26/h1-4,12H,5-10H2,(H,25,26). The van der Waals surface area contributed by atoms with Gasteiger partial charge < -0.3 is 24.0 Å². The van der Waals surface area contributed by atoms with Crippen LogP contribution in [0.3, 0.4) is 0 Å². The SMILES string of the molecule is O=C(O)N1CCC2(CC1)CC(c1noc(-c3ccc(OC(F)(F)F)cc3)n1)CO2. The van der Waals surface area contributed by atoms with Crippen molar-refractivity contribution in [2.75, 3.05) is 19.7 Å². The summed E-state index contributed by atoms with van der Waals surface area (Å²) in [5.74, 6) is 0.241. The fraction of sp³-hybridized carbons (Fsp3) is 0.500. The number of carbonyl (C=O) groups is 1. The van der Waals surface area contributed by atoms with Gasteiger partial charge in [0, 0.05) is 24.6 Å². The number of likely N-dealkylation sites (tertiary alicyclic amines) is 1. The molecule has 1 aromatic carbocycles. The summed E-state index contributed by atoms with van der Waals surface area (Å²) < 4.78 is 51.8. The molecule has 1 unspecified atom stereocenters. The van der Waals surface area contributed by atoms with Crippen LogP contribution < -0.4 is 4.74 Å². The van der Waals surface area contributed by atoms with Crippen molar-refractivity contribution in [3.05, 3.63) is 30.1 Å². The maximum Gasteiger partial charge on any atom is 0.573 e. The Labute approximate surface area is 163 Å². The highest BCUT2D eigenvalue weighted by atomic mass is 19.4. The summed E-state index contributed by atoms with van der Waals surface area (Å²) in [4.78, 5) is 16.8. The normalized spacial score (nSPS) is 21.5. The van der Waals surface area contributed by atoms with Crippen molar-refractivity contribution < 1.29 is 37.1 Å². The largest absolute Gasteiger partial charge is 0.573 e. The lowest BCUT2D eigenvalue weighted by molar-refractivity contribution is -0.274. The van der Waals surface area contributed by atoms with Gasteiger partial charge in [0.25, 0.3) is 5.89 Å². The molecule has 1 aromatic heterocycles. The lowest BCUT2D eigenvalue weighted by Crippen LogP contribution is -2.45. The number of piperidine rings is 1. The minimum Gasteiger partial charge on any atom is -0.465 e. The molecule has 2 aliphatic heterocycles. The molecule has 0 bridgehead atoms. The van der Waals surface area contributed by atoms with E-state index in [9.17, 15) is 18.0 Å². The number of rotatable bonds is 3. The summed E-state index contributed by atoms with van der Waals surface area (Å²) >= 11 is 0. The molecular weight excluding hydrogens is 395 g/mol. The van der Waals surface area contributed by atoms with Crippen LogP contribution in [0.2, 0.25) is 0 Å². The van der Waals surface area contributed by atoms with E-state index < -0.39 is 12.5 Å². The van der Waals surface area contributed by atoms with Crippen molar-refractivity contribution in [3.63, 3.8) is 0 Å². The first-order valence-corrected chi connectivity index (χ1v) is 9.05. The molecule has 8 nitrogen and oxygen atoms in total. The topological polar surface area (TPSA) is 97.9 Å². The Hall–Kier alpha value is -2.82. The van der Waals surface area contributed by atoms with Gasteiger partial charge in [-0.15, -0.1) is 13.2 Å². The van der Waals surface area contributed by atoms with Crippen LogP contribution in [0.5, 0.6) is 5.75 Å². The third-order valence-electron chi connectivity index (χ3n) is 5.30. The summed E-state index contributed by atoms with van der Waals surface area (Å²) in [6.45, 7) is 1.25. The van der Waals surface area contributed by atoms with Crippen LogP contribution in [0, 0.1) is 0 Å². The second kappa shape index (κ2) is 7.21. The van der Waals surface area contributed by atoms with Gasteiger partial charge in [-0.05, 0) is 43.5 Å².